The van der Waals surface area contributed by atoms with Crippen LogP contribution in [0.1, 0.15) is 57.8 Å². The summed E-state index contributed by atoms with van der Waals surface area (Å²) >= 11 is 0. The van der Waals surface area contributed by atoms with Crippen molar-refractivity contribution >= 4 is 0 Å². The Bertz CT molecular complexity index is 226. The van der Waals surface area contributed by atoms with Gasteiger partial charge in [0.2, 0.25) is 0 Å². The van der Waals surface area contributed by atoms with Crippen LogP contribution in [0, 0.1) is 29.6 Å². The molecule has 0 spiro atoms. The van der Waals surface area contributed by atoms with Crippen molar-refractivity contribution in [3.05, 3.63) is 0 Å². The number of hydrogen-bond acceptors (Lipinski definition) is 1. The summed E-state index contributed by atoms with van der Waals surface area (Å²) in [5, 5.41) is 0. The topological polar surface area (TPSA) is 26.0 Å². The maximum absolute atomic E-state index is 6.03. The molecule has 3 fully saturated rings. The maximum Gasteiger partial charge on any atom is -0.00460 e. The van der Waals surface area contributed by atoms with E-state index in [9.17, 15) is 0 Å². The quantitative estimate of drug-likeness (QED) is 0.719. The van der Waals surface area contributed by atoms with Crippen molar-refractivity contribution in [2.75, 3.05) is 6.54 Å². The van der Waals surface area contributed by atoms with Crippen LogP contribution in [-0.2, 0) is 0 Å². The summed E-state index contributed by atoms with van der Waals surface area (Å²) in [6, 6.07) is 0. The average Bonchev–Trinajstić information content (AvgIpc) is 2.38. The van der Waals surface area contributed by atoms with Gasteiger partial charge in [0.25, 0.3) is 0 Å². The smallest absolute Gasteiger partial charge is 0.00460 e. The third kappa shape index (κ3) is 1.81. The van der Waals surface area contributed by atoms with E-state index in [0.717, 1.165) is 36.1 Å². The van der Waals surface area contributed by atoms with Gasteiger partial charge in [-0.1, -0.05) is 32.1 Å². The maximum atomic E-state index is 6.03. The fraction of sp³-hybridized carbons (Fsp3) is 1.00. The zero-order valence-corrected chi connectivity index (χ0v) is 10.5. The summed E-state index contributed by atoms with van der Waals surface area (Å²) in [7, 11) is 0. The first-order chi connectivity index (χ1) is 7.90. The van der Waals surface area contributed by atoms with Crippen LogP contribution in [0.15, 0.2) is 0 Å². The minimum atomic E-state index is 0.879. The fourth-order valence-electron chi connectivity index (χ4n) is 5.23. The lowest BCUT2D eigenvalue weighted by Gasteiger charge is -2.51. The molecule has 0 aromatic rings. The molecule has 2 N–H and O–H groups in total. The van der Waals surface area contributed by atoms with Crippen molar-refractivity contribution in [2.45, 2.75) is 57.8 Å². The molecule has 5 unspecified atom stereocenters. The molecular weight excluding hydrogens is 194 g/mol. The summed E-state index contributed by atoms with van der Waals surface area (Å²) in [5.74, 6) is 5.12. The van der Waals surface area contributed by atoms with Gasteiger partial charge in [-0.05, 0) is 61.8 Å². The van der Waals surface area contributed by atoms with Gasteiger partial charge in [-0.15, -0.1) is 0 Å². The molecular formula is C15H27N. The molecule has 5 atom stereocenters. The second-order valence-electron chi connectivity index (χ2n) is 6.55. The minimum Gasteiger partial charge on any atom is -0.330 e. The lowest BCUT2D eigenvalue weighted by atomic mass is 9.54. The number of fused-ring (bicyclic) bond motifs is 3. The van der Waals surface area contributed by atoms with Crippen molar-refractivity contribution in [3.8, 4) is 0 Å². The molecule has 0 bridgehead atoms. The monoisotopic (exact) mass is 221 g/mol. The third-order valence-corrected chi connectivity index (χ3v) is 5.91. The lowest BCUT2D eigenvalue weighted by molar-refractivity contribution is -0.0113. The first kappa shape index (κ1) is 11.1. The first-order valence-corrected chi connectivity index (χ1v) is 7.60. The highest BCUT2D eigenvalue weighted by Gasteiger charge is 2.44. The molecule has 3 aliphatic rings. The highest BCUT2D eigenvalue weighted by molar-refractivity contribution is 4.95. The lowest BCUT2D eigenvalue weighted by Crippen LogP contribution is -2.45. The molecule has 92 valence electrons. The van der Waals surface area contributed by atoms with Gasteiger partial charge >= 0.3 is 0 Å². The molecule has 1 nitrogen and oxygen atoms in total. The summed E-state index contributed by atoms with van der Waals surface area (Å²) in [4.78, 5) is 0. The van der Waals surface area contributed by atoms with E-state index in [2.05, 4.69) is 0 Å². The van der Waals surface area contributed by atoms with Gasteiger partial charge in [0.1, 0.15) is 0 Å². The van der Waals surface area contributed by atoms with Crippen LogP contribution in [0.2, 0.25) is 0 Å². The number of nitrogens with two attached hydrogens (primary N) is 1. The second-order valence-corrected chi connectivity index (χ2v) is 6.55. The van der Waals surface area contributed by atoms with Crippen molar-refractivity contribution in [1.29, 1.82) is 0 Å². The standard InChI is InChI=1S/C15H27N/c16-10-12-9-11-5-1-2-6-13(11)15-8-4-3-7-14(12)15/h11-15H,1-10,16H2. The third-order valence-electron chi connectivity index (χ3n) is 5.91. The highest BCUT2D eigenvalue weighted by atomic mass is 14.6. The molecule has 1 heteroatoms. The molecule has 3 rings (SSSR count). The average molecular weight is 221 g/mol. The van der Waals surface area contributed by atoms with Gasteiger partial charge < -0.3 is 5.73 Å². The van der Waals surface area contributed by atoms with E-state index in [-0.39, 0.29) is 0 Å². The second kappa shape index (κ2) is 4.68. The Morgan fingerprint density at radius 1 is 0.750 bits per heavy atom. The van der Waals surface area contributed by atoms with Gasteiger partial charge in [0.15, 0.2) is 0 Å². The van der Waals surface area contributed by atoms with E-state index < -0.39 is 0 Å². The molecule has 0 aliphatic heterocycles. The molecule has 0 heterocycles. The number of hydrogen-bond donors (Lipinski definition) is 1. The minimum absolute atomic E-state index is 0.879. The fourth-order valence-corrected chi connectivity index (χ4v) is 5.23. The first-order valence-electron chi connectivity index (χ1n) is 7.60. The zero-order chi connectivity index (χ0) is 11.0. The van der Waals surface area contributed by atoms with Crippen molar-refractivity contribution in [2.24, 2.45) is 35.3 Å². The Labute approximate surface area is 100 Å². The van der Waals surface area contributed by atoms with Gasteiger partial charge in [0, 0.05) is 0 Å². The largest absolute Gasteiger partial charge is 0.330 e. The summed E-state index contributed by atoms with van der Waals surface area (Å²) in [6.45, 7) is 0.963. The summed E-state index contributed by atoms with van der Waals surface area (Å²) < 4.78 is 0. The van der Waals surface area contributed by atoms with E-state index >= 15 is 0 Å². The van der Waals surface area contributed by atoms with Crippen LogP contribution in [0.5, 0.6) is 0 Å². The molecule has 3 aliphatic carbocycles. The van der Waals surface area contributed by atoms with Crippen LogP contribution < -0.4 is 5.73 Å². The summed E-state index contributed by atoms with van der Waals surface area (Å²) in [5.41, 5.74) is 6.03. The molecule has 0 amide bonds. The Morgan fingerprint density at radius 3 is 2.12 bits per heavy atom. The van der Waals surface area contributed by atoms with Crippen LogP contribution in [-0.4, -0.2) is 6.54 Å². The van der Waals surface area contributed by atoms with E-state index in [0.29, 0.717) is 0 Å². The zero-order valence-electron chi connectivity index (χ0n) is 10.5. The SMILES string of the molecule is NCC1CC2CCCCC2C2CCCCC12. The molecule has 16 heavy (non-hydrogen) atoms. The predicted molar refractivity (Wildman–Crippen MR) is 68.1 cm³/mol. The molecule has 3 saturated carbocycles. The van der Waals surface area contributed by atoms with Gasteiger partial charge in [-0.3, -0.25) is 0 Å². The van der Waals surface area contributed by atoms with Crippen molar-refractivity contribution in [1.82, 2.24) is 0 Å². The van der Waals surface area contributed by atoms with Gasteiger partial charge in [0.05, 0.1) is 0 Å². The Kier molecular flexibility index (Phi) is 3.24. The van der Waals surface area contributed by atoms with Crippen LogP contribution >= 0.6 is 0 Å². The highest BCUT2D eigenvalue weighted by Crippen LogP contribution is 2.53. The van der Waals surface area contributed by atoms with Crippen LogP contribution in [0.4, 0.5) is 0 Å². The number of rotatable bonds is 1. The molecule has 0 aromatic carbocycles. The molecule has 0 saturated heterocycles. The van der Waals surface area contributed by atoms with E-state index in [1.54, 1.807) is 6.42 Å². The Morgan fingerprint density at radius 2 is 1.38 bits per heavy atom. The Hall–Kier alpha value is -0.0400. The predicted octanol–water partition coefficient (Wildman–Crippen LogP) is 3.58. The summed E-state index contributed by atoms with van der Waals surface area (Å²) in [6.07, 6.45) is 13.6. The normalized spacial score (nSPS) is 48.2. The van der Waals surface area contributed by atoms with E-state index in [4.69, 9.17) is 5.73 Å². The Balaban J connectivity index is 1.79. The van der Waals surface area contributed by atoms with Crippen molar-refractivity contribution < 1.29 is 0 Å². The van der Waals surface area contributed by atoms with E-state index in [1.165, 1.54) is 51.4 Å². The molecule has 0 radical (unpaired) electrons. The van der Waals surface area contributed by atoms with Gasteiger partial charge in [-0.2, -0.15) is 0 Å². The van der Waals surface area contributed by atoms with Crippen molar-refractivity contribution in [3.63, 3.8) is 0 Å². The van der Waals surface area contributed by atoms with Crippen LogP contribution in [0.3, 0.4) is 0 Å². The van der Waals surface area contributed by atoms with E-state index in [1.807, 2.05) is 0 Å². The molecule has 0 aromatic heterocycles. The van der Waals surface area contributed by atoms with Gasteiger partial charge in [-0.25, -0.2) is 0 Å². The van der Waals surface area contributed by atoms with Crippen LogP contribution in [0.25, 0.3) is 0 Å².